The van der Waals surface area contributed by atoms with Gasteiger partial charge in [-0.15, -0.1) is 0 Å². The number of sulfonamides is 1. The molecule has 1 aromatic rings. The van der Waals surface area contributed by atoms with Gasteiger partial charge in [-0.05, 0) is 31.0 Å². The molecule has 2 atom stereocenters. The minimum Gasteiger partial charge on any atom is -0.398 e. The summed E-state index contributed by atoms with van der Waals surface area (Å²) >= 11 is 3.26. The molecule has 5 nitrogen and oxygen atoms in total. The predicted octanol–water partition coefficient (Wildman–Crippen LogP) is 1.96. The van der Waals surface area contributed by atoms with E-state index in [1.165, 1.54) is 17.4 Å². The topological polar surface area (TPSA) is 83.6 Å². The van der Waals surface area contributed by atoms with Gasteiger partial charge in [-0.25, -0.2) is 8.42 Å². The second-order valence-electron chi connectivity index (χ2n) is 5.12. The highest BCUT2D eigenvalue weighted by Gasteiger charge is 2.35. The van der Waals surface area contributed by atoms with Gasteiger partial charge in [-0.2, -0.15) is 4.31 Å². The van der Waals surface area contributed by atoms with E-state index in [9.17, 15) is 13.5 Å². The van der Waals surface area contributed by atoms with Crippen LogP contribution in [0.3, 0.4) is 0 Å². The maximum atomic E-state index is 12.7. The van der Waals surface area contributed by atoms with Crippen molar-refractivity contribution < 1.29 is 13.5 Å². The van der Waals surface area contributed by atoms with Gasteiger partial charge in [0.1, 0.15) is 4.90 Å². The first-order chi connectivity index (χ1) is 9.34. The largest absolute Gasteiger partial charge is 0.398 e. The van der Waals surface area contributed by atoms with Crippen LogP contribution < -0.4 is 5.73 Å². The Labute approximate surface area is 128 Å². The molecule has 0 spiro atoms. The normalized spacial score (nSPS) is 24.0. The fraction of sp³-hybridized carbons (Fsp3) is 0.538. The summed E-state index contributed by atoms with van der Waals surface area (Å²) in [6, 6.07) is 4.37. The number of halogens is 1. The van der Waals surface area contributed by atoms with Gasteiger partial charge >= 0.3 is 0 Å². The SMILES string of the molecule is CN(C1CCCCC1O)S(=O)(=O)c1cc(Br)ccc1N. The average molecular weight is 363 g/mol. The lowest BCUT2D eigenvalue weighted by molar-refractivity contribution is 0.0638. The van der Waals surface area contributed by atoms with Crippen LogP contribution >= 0.6 is 15.9 Å². The van der Waals surface area contributed by atoms with Crippen LogP contribution in [0.5, 0.6) is 0 Å². The quantitative estimate of drug-likeness (QED) is 0.805. The first-order valence-electron chi connectivity index (χ1n) is 6.55. The highest BCUT2D eigenvalue weighted by atomic mass is 79.9. The number of hydrogen-bond donors (Lipinski definition) is 2. The third-order valence-electron chi connectivity index (χ3n) is 3.79. The summed E-state index contributed by atoms with van der Waals surface area (Å²) in [5, 5.41) is 10.0. The number of benzene rings is 1. The van der Waals surface area contributed by atoms with Crippen LogP contribution in [0.4, 0.5) is 5.69 Å². The van der Waals surface area contributed by atoms with Gasteiger partial charge in [-0.1, -0.05) is 28.8 Å². The predicted molar refractivity (Wildman–Crippen MR) is 81.8 cm³/mol. The van der Waals surface area contributed by atoms with Crippen molar-refractivity contribution in [2.24, 2.45) is 0 Å². The summed E-state index contributed by atoms with van der Waals surface area (Å²) in [5.74, 6) is 0. The molecule has 1 fully saturated rings. The third kappa shape index (κ3) is 3.00. The van der Waals surface area contributed by atoms with Crippen LogP contribution in [-0.4, -0.2) is 37.0 Å². The molecule has 0 radical (unpaired) electrons. The van der Waals surface area contributed by atoms with Gasteiger partial charge < -0.3 is 10.8 Å². The summed E-state index contributed by atoms with van der Waals surface area (Å²) in [5.41, 5.74) is 6.00. The number of anilines is 1. The van der Waals surface area contributed by atoms with Crippen molar-refractivity contribution in [1.82, 2.24) is 4.31 Å². The van der Waals surface area contributed by atoms with Crippen LogP contribution in [0.25, 0.3) is 0 Å². The molecular weight excluding hydrogens is 344 g/mol. The van der Waals surface area contributed by atoms with E-state index in [1.807, 2.05) is 0 Å². The first-order valence-corrected chi connectivity index (χ1v) is 8.78. The Bertz CT molecular complexity index is 591. The minimum atomic E-state index is -3.71. The molecule has 0 bridgehead atoms. The molecule has 1 aliphatic rings. The van der Waals surface area contributed by atoms with Crippen molar-refractivity contribution in [2.75, 3.05) is 12.8 Å². The Morgan fingerprint density at radius 2 is 2.00 bits per heavy atom. The molecule has 0 amide bonds. The van der Waals surface area contributed by atoms with E-state index in [2.05, 4.69) is 15.9 Å². The van der Waals surface area contributed by atoms with E-state index in [0.29, 0.717) is 17.3 Å². The number of hydrogen-bond acceptors (Lipinski definition) is 4. The maximum absolute atomic E-state index is 12.7. The van der Waals surface area contributed by atoms with E-state index in [4.69, 9.17) is 5.73 Å². The summed E-state index contributed by atoms with van der Waals surface area (Å²) in [6.07, 6.45) is 2.56. The molecule has 7 heteroatoms. The van der Waals surface area contributed by atoms with Crippen molar-refractivity contribution >= 4 is 31.6 Å². The minimum absolute atomic E-state index is 0.0761. The highest BCUT2D eigenvalue weighted by molar-refractivity contribution is 9.10. The Morgan fingerprint density at radius 1 is 1.35 bits per heavy atom. The number of aliphatic hydroxyl groups is 1. The zero-order valence-electron chi connectivity index (χ0n) is 11.3. The van der Waals surface area contributed by atoms with Crippen LogP contribution in [0.15, 0.2) is 27.6 Å². The number of rotatable bonds is 3. The summed E-state index contributed by atoms with van der Waals surface area (Å²) in [7, 11) is -2.20. The van der Waals surface area contributed by atoms with Crippen LogP contribution in [-0.2, 0) is 10.0 Å². The molecular formula is C13H19BrN2O3S. The molecule has 0 heterocycles. The van der Waals surface area contributed by atoms with E-state index in [0.717, 1.165) is 12.8 Å². The molecule has 0 aliphatic heterocycles. The molecule has 1 aromatic carbocycles. The van der Waals surface area contributed by atoms with Crippen LogP contribution in [0.1, 0.15) is 25.7 Å². The first kappa shape index (κ1) is 15.8. The molecule has 112 valence electrons. The standard InChI is InChI=1S/C13H19BrN2O3S/c1-16(11-4-2-3-5-12(11)17)20(18,19)13-8-9(14)6-7-10(13)15/h6-8,11-12,17H,2-5,15H2,1H3. The monoisotopic (exact) mass is 362 g/mol. The fourth-order valence-corrected chi connectivity index (χ4v) is 4.65. The van der Waals surface area contributed by atoms with Crippen molar-refractivity contribution in [3.63, 3.8) is 0 Å². The lowest BCUT2D eigenvalue weighted by Gasteiger charge is -2.34. The second-order valence-corrected chi connectivity index (χ2v) is 8.00. The zero-order valence-corrected chi connectivity index (χ0v) is 13.7. The Balaban J connectivity index is 2.36. The third-order valence-corrected chi connectivity index (χ3v) is 6.23. The molecule has 1 aliphatic carbocycles. The van der Waals surface area contributed by atoms with Crippen LogP contribution in [0.2, 0.25) is 0 Å². The lowest BCUT2D eigenvalue weighted by Crippen LogP contribution is -2.46. The van der Waals surface area contributed by atoms with Gasteiger partial charge in [0, 0.05) is 11.5 Å². The van der Waals surface area contributed by atoms with Crippen molar-refractivity contribution in [3.8, 4) is 0 Å². The fourth-order valence-electron chi connectivity index (χ4n) is 2.58. The summed E-state index contributed by atoms with van der Waals surface area (Å²) in [4.78, 5) is 0.0761. The molecule has 0 aromatic heterocycles. The smallest absolute Gasteiger partial charge is 0.245 e. The van der Waals surface area contributed by atoms with Gasteiger partial charge in [0.05, 0.1) is 17.8 Å². The summed E-state index contributed by atoms with van der Waals surface area (Å²) in [6.45, 7) is 0. The maximum Gasteiger partial charge on any atom is 0.245 e. The molecule has 20 heavy (non-hydrogen) atoms. The van der Waals surface area contributed by atoms with Crippen LogP contribution in [0, 0.1) is 0 Å². The zero-order chi connectivity index (χ0) is 14.9. The molecule has 3 N–H and O–H groups in total. The Morgan fingerprint density at radius 3 is 2.65 bits per heavy atom. The van der Waals surface area contributed by atoms with Gasteiger partial charge in [0.2, 0.25) is 10.0 Å². The molecule has 2 rings (SSSR count). The van der Waals surface area contributed by atoms with Gasteiger partial charge in [-0.3, -0.25) is 0 Å². The molecule has 0 saturated heterocycles. The number of nitrogens with two attached hydrogens (primary N) is 1. The highest BCUT2D eigenvalue weighted by Crippen LogP contribution is 2.30. The second kappa shape index (κ2) is 6.01. The van der Waals surface area contributed by atoms with Crippen molar-refractivity contribution in [1.29, 1.82) is 0 Å². The van der Waals surface area contributed by atoms with Gasteiger partial charge in [0.15, 0.2) is 0 Å². The Hall–Kier alpha value is -0.630. The summed E-state index contributed by atoms with van der Waals surface area (Å²) < 4.78 is 27.2. The van der Waals surface area contributed by atoms with Crippen molar-refractivity contribution in [2.45, 2.75) is 42.7 Å². The van der Waals surface area contributed by atoms with Crippen molar-refractivity contribution in [3.05, 3.63) is 22.7 Å². The molecule has 1 saturated carbocycles. The van der Waals surface area contributed by atoms with E-state index in [1.54, 1.807) is 12.1 Å². The Kier molecular flexibility index (Phi) is 4.73. The van der Waals surface area contributed by atoms with Gasteiger partial charge in [0.25, 0.3) is 0 Å². The lowest BCUT2D eigenvalue weighted by atomic mass is 9.93. The van der Waals surface area contributed by atoms with E-state index < -0.39 is 16.1 Å². The average Bonchev–Trinajstić information content (AvgIpc) is 2.41. The number of nitrogens with zero attached hydrogens (tertiary/aromatic N) is 1. The van der Waals surface area contributed by atoms with E-state index in [-0.39, 0.29) is 16.6 Å². The number of nitrogen functional groups attached to an aromatic ring is 1. The molecule has 2 unspecified atom stereocenters. The number of likely N-dealkylation sites (N-methyl/N-ethyl adjacent to an activating group) is 1. The van der Waals surface area contributed by atoms with E-state index >= 15 is 0 Å². The number of aliphatic hydroxyl groups excluding tert-OH is 1.